The SMILES string of the molecule is CCCS(=O)(=O)NCc1ccccc1. The van der Waals surface area contributed by atoms with Crippen molar-refractivity contribution in [2.45, 2.75) is 19.9 Å². The Labute approximate surface area is 85.2 Å². The third-order valence-electron chi connectivity index (χ3n) is 1.81. The van der Waals surface area contributed by atoms with Crippen LogP contribution < -0.4 is 4.72 Å². The number of hydrogen-bond donors (Lipinski definition) is 1. The van der Waals surface area contributed by atoms with Crippen molar-refractivity contribution in [2.24, 2.45) is 0 Å². The van der Waals surface area contributed by atoms with Gasteiger partial charge in [0, 0.05) is 6.54 Å². The van der Waals surface area contributed by atoms with Gasteiger partial charge in [-0.15, -0.1) is 0 Å². The molecule has 3 nitrogen and oxygen atoms in total. The molecule has 1 aromatic carbocycles. The van der Waals surface area contributed by atoms with Gasteiger partial charge in [0.15, 0.2) is 0 Å². The molecule has 0 aliphatic carbocycles. The van der Waals surface area contributed by atoms with Crippen molar-refractivity contribution in [3.63, 3.8) is 0 Å². The molecule has 0 amide bonds. The van der Waals surface area contributed by atoms with Crippen molar-refractivity contribution < 1.29 is 8.42 Å². The molecular weight excluding hydrogens is 198 g/mol. The van der Waals surface area contributed by atoms with Crippen LogP contribution in [0, 0.1) is 0 Å². The van der Waals surface area contributed by atoms with Gasteiger partial charge in [-0.25, -0.2) is 13.1 Å². The normalized spacial score (nSPS) is 11.5. The van der Waals surface area contributed by atoms with Crippen LogP contribution in [-0.2, 0) is 16.6 Å². The van der Waals surface area contributed by atoms with E-state index in [9.17, 15) is 8.42 Å². The molecule has 0 atom stereocenters. The average molecular weight is 213 g/mol. The number of rotatable bonds is 5. The zero-order valence-corrected chi connectivity index (χ0v) is 9.05. The molecule has 0 heterocycles. The first-order chi connectivity index (χ1) is 6.64. The fraction of sp³-hybridized carbons (Fsp3) is 0.400. The highest BCUT2D eigenvalue weighted by Gasteiger charge is 2.06. The lowest BCUT2D eigenvalue weighted by atomic mass is 10.2. The quantitative estimate of drug-likeness (QED) is 0.806. The molecule has 0 unspecified atom stereocenters. The lowest BCUT2D eigenvalue weighted by Crippen LogP contribution is -2.25. The minimum atomic E-state index is -3.08. The Kier molecular flexibility index (Phi) is 4.10. The number of hydrogen-bond acceptors (Lipinski definition) is 2. The second-order valence-corrected chi connectivity index (χ2v) is 5.05. The van der Waals surface area contributed by atoms with E-state index in [2.05, 4.69) is 4.72 Å². The summed E-state index contributed by atoms with van der Waals surface area (Å²) in [5.41, 5.74) is 0.979. The van der Waals surface area contributed by atoms with Crippen LogP contribution in [0.2, 0.25) is 0 Å². The molecule has 0 spiro atoms. The molecule has 14 heavy (non-hydrogen) atoms. The van der Waals surface area contributed by atoms with Gasteiger partial charge in [0.05, 0.1) is 5.75 Å². The molecule has 1 rings (SSSR count). The highest BCUT2D eigenvalue weighted by atomic mass is 32.2. The molecule has 78 valence electrons. The van der Waals surface area contributed by atoms with Crippen molar-refractivity contribution in [3.8, 4) is 0 Å². The summed E-state index contributed by atoms with van der Waals surface area (Å²) < 4.78 is 25.1. The van der Waals surface area contributed by atoms with Crippen LogP contribution >= 0.6 is 0 Å². The van der Waals surface area contributed by atoms with Gasteiger partial charge in [0.2, 0.25) is 10.0 Å². The number of nitrogens with one attached hydrogen (secondary N) is 1. The summed E-state index contributed by atoms with van der Waals surface area (Å²) in [6, 6.07) is 9.49. The first kappa shape index (κ1) is 11.2. The highest BCUT2D eigenvalue weighted by Crippen LogP contribution is 1.99. The van der Waals surface area contributed by atoms with Gasteiger partial charge < -0.3 is 0 Å². The van der Waals surface area contributed by atoms with E-state index in [1.807, 2.05) is 37.3 Å². The largest absolute Gasteiger partial charge is 0.212 e. The monoisotopic (exact) mass is 213 g/mol. The van der Waals surface area contributed by atoms with Crippen LogP contribution in [0.3, 0.4) is 0 Å². The summed E-state index contributed by atoms with van der Waals surface area (Å²) in [5.74, 6) is 0.194. The molecule has 0 radical (unpaired) electrons. The van der Waals surface area contributed by atoms with E-state index in [0.717, 1.165) is 5.56 Å². The smallest absolute Gasteiger partial charge is 0.211 e. The molecule has 1 aromatic rings. The van der Waals surface area contributed by atoms with Gasteiger partial charge in [0.25, 0.3) is 0 Å². The molecule has 1 N–H and O–H groups in total. The molecule has 0 fully saturated rings. The summed E-state index contributed by atoms with van der Waals surface area (Å²) in [5, 5.41) is 0. The molecule has 4 heteroatoms. The Bertz CT molecular complexity index is 359. The van der Waals surface area contributed by atoms with Crippen molar-refractivity contribution in [3.05, 3.63) is 35.9 Å². The summed E-state index contributed by atoms with van der Waals surface area (Å²) >= 11 is 0. The number of benzene rings is 1. The van der Waals surface area contributed by atoms with E-state index in [1.165, 1.54) is 0 Å². The summed E-state index contributed by atoms with van der Waals surface area (Å²) in [7, 11) is -3.08. The van der Waals surface area contributed by atoms with Crippen molar-refractivity contribution >= 4 is 10.0 Å². The second-order valence-electron chi connectivity index (χ2n) is 3.13. The van der Waals surface area contributed by atoms with Crippen molar-refractivity contribution in [2.75, 3.05) is 5.75 Å². The standard InChI is InChI=1S/C10H15NO2S/c1-2-8-14(12,13)11-9-10-6-4-3-5-7-10/h3-7,11H,2,8-9H2,1H3. The summed E-state index contributed by atoms with van der Waals surface area (Å²) in [6.45, 7) is 2.23. The van der Waals surface area contributed by atoms with E-state index in [0.29, 0.717) is 13.0 Å². The van der Waals surface area contributed by atoms with E-state index < -0.39 is 10.0 Å². The van der Waals surface area contributed by atoms with Crippen LogP contribution in [0.5, 0.6) is 0 Å². The Morgan fingerprint density at radius 2 is 1.86 bits per heavy atom. The lowest BCUT2D eigenvalue weighted by molar-refractivity contribution is 0.580. The van der Waals surface area contributed by atoms with Crippen molar-refractivity contribution in [1.29, 1.82) is 0 Å². The van der Waals surface area contributed by atoms with Crippen LogP contribution in [-0.4, -0.2) is 14.2 Å². The van der Waals surface area contributed by atoms with E-state index >= 15 is 0 Å². The Balaban J connectivity index is 2.49. The molecule has 0 saturated carbocycles. The van der Waals surface area contributed by atoms with Crippen LogP contribution in [0.4, 0.5) is 0 Å². The lowest BCUT2D eigenvalue weighted by Gasteiger charge is -2.04. The fourth-order valence-corrected chi connectivity index (χ4v) is 2.20. The van der Waals surface area contributed by atoms with Crippen LogP contribution in [0.15, 0.2) is 30.3 Å². The Hall–Kier alpha value is -0.870. The summed E-state index contributed by atoms with van der Waals surface area (Å²) in [4.78, 5) is 0. The van der Waals surface area contributed by atoms with Gasteiger partial charge in [-0.05, 0) is 12.0 Å². The first-order valence-electron chi connectivity index (χ1n) is 4.65. The maximum atomic E-state index is 11.3. The Morgan fingerprint density at radius 1 is 1.21 bits per heavy atom. The third kappa shape index (κ3) is 3.89. The molecular formula is C10H15NO2S. The van der Waals surface area contributed by atoms with E-state index in [1.54, 1.807) is 0 Å². The number of sulfonamides is 1. The van der Waals surface area contributed by atoms with Crippen LogP contribution in [0.1, 0.15) is 18.9 Å². The van der Waals surface area contributed by atoms with Crippen LogP contribution in [0.25, 0.3) is 0 Å². The maximum absolute atomic E-state index is 11.3. The van der Waals surface area contributed by atoms with Gasteiger partial charge in [-0.2, -0.15) is 0 Å². The molecule has 0 bridgehead atoms. The second kappa shape index (κ2) is 5.12. The molecule has 0 aliphatic heterocycles. The topological polar surface area (TPSA) is 46.2 Å². The minimum absolute atomic E-state index is 0.194. The average Bonchev–Trinajstić information content (AvgIpc) is 2.17. The Morgan fingerprint density at radius 3 is 2.43 bits per heavy atom. The third-order valence-corrected chi connectivity index (χ3v) is 3.34. The highest BCUT2D eigenvalue weighted by molar-refractivity contribution is 7.89. The molecule has 0 aliphatic rings. The molecule has 0 saturated heterocycles. The van der Waals surface area contributed by atoms with E-state index in [4.69, 9.17) is 0 Å². The van der Waals surface area contributed by atoms with E-state index in [-0.39, 0.29) is 5.75 Å². The van der Waals surface area contributed by atoms with Gasteiger partial charge in [-0.1, -0.05) is 37.3 Å². The molecule has 0 aromatic heterocycles. The fourth-order valence-electron chi connectivity index (χ4n) is 1.13. The van der Waals surface area contributed by atoms with Gasteiger partial charge >= 0.3 is 0 Å². The zero-order valence-electron chi connectivity index (χ0n) is 8.23. The maximum Gasteiger partial charge on any atom is 0.211 e. The predicted octanol–water partition coefficient (Wildman–Crippen LogP) is 1.52. The zero-order chi connectivity index (χ0) is 10.4. The van der Waals surface area contributed by atoms with Gasteiger partial charge in [-0.3, -0.25) is 0 Å². The first-order valence-corrected chi connectivity index (χ1v) is 6.30. The minimum Gasteiger partial charge on any atom is -0.212 e. The summed E-state index contributed by atoms with van der Waals surface area (Å²) in [6.07, 6.45) is 0.643. The van der Waals surface area contributed by atoms with Crippen molar-refractivity contribution in [1.82, 2.24) is 4.72 Å². The van der Waals surface area contributed by atoms with Gasteiger partial charge in [0.1, 0.15) is 0 Å². The predicted molar refractivity (Wildman–Crippen MR) is 57.4 cm³/mol.